The molecular weight excluding hydrogens is 517 g/mol. The Labute approximate surface area is 195 Å². The van der Waals surface area contributed by atoms with Gasteiger partial charge in [0.1, 0.15) is 0 Å². The van der Waals surface area contributed by atoms with Crippen LogP contribution < -0.4 is 0 Å². The zero-order valence-corrected chi connectivity index (χ0v) is 19.1. The second-order valence-corrected chi connectivity index (χ2v) is 8.98. The molecule has 1 rings (SSSR count). The summed E-state index contributed by atoms with van der Waals surface area (Å²) in [6.07, 6.45) is -10.2. The monoisotopic (exact) mass is 538 g/mol. The topological polar surface area (TPSA) is 107 Å². The van der Waals surface area contributed by atoms with Gasteiger partial charge < -0.3 is 9.47 Å². The number of hydrogen-bond donors (Lipinski definition) is 1. The summed E-state index contributed by atoms with van der Waals surface area (Å²) in [5, 5.41) is -5.95. The van der Waals surface area contributed by atoms with E-state index in [1.807, 2.05) is 0 Å². The van der Waals surface area contributed by atoms with Gasteiger partial charge in [0.2, 0.25) is 5.78 Å². The average Bonchev–Trinajstić information content (AvgIpc) is 2.69. The van der Waals surface area contributed by atoms with Gasteiger partial charge in [-0.15, -0.1) is 0 Å². The zero-order valence-electron chi connectivity index (χ0n) is 18.3. The predicted octanol–water partition coefficient (Wildman–Crippen LogP) is 4.40. The molecule has 0 fully saturated rings. The van der Waals surface area contributed by atoms with Crippen molar-refractivity contribution in [1.82, 2.24) is 0 Å². The van der Waals surface area contributed by atoms with Crippen LogP contribution in [0.4, 0.5) is 30.7 Å². The molecule has 0 spiro atoms. The summed E-state index contributed by atoms with van der Waals surface area (Å²) in [6, 6.07) is 5.53. The fourth-order valence-corrected chi connectivity index (χ4v) is 3.01. The summed E-state index contributed by atoms with van der Waals surface area (Å²) in [6.45, 7) is 4.19. The van der Waals surface area contributed by atoms with Gasteiger partial charge in [-0.3, -0.25) is 9.35 Å². The Balaban J connectivity index is 3.24. The molecule has 0 radical (unpaired) electrons. The average molecular weight is 538 g/mol. The summed E-state index contributed by atoms with van der Waals surface area (Å²) in [4.78, 5) is 24.5. The lowest BCUT2D eigenvalue weighted by molar-refractivity contribution is -0.346. The second kappa shape index (κ2) is 10.6. The van der Waals surface area contributed by atoms with Crippen LogP contribution >= 0.6 is 0 Å². The number of rotatable bonds is 12. The number of carbonyl (C=O) groups is 2. The molecule has 0 aliphatic heterocycles. The van der Waals surface area contributed by atoms with Crippen LogP contribution in [0.2, 0.25) is 0 Å². The van der Waals surface area contributed by atoms with Crippen molar-refractivity contribution in [2.24, 2.45) is 0 Å². The first-order chi connectivity index (χ1) is 15.7. The third-order valence-corrected chi connectivity index (χ3v) is 5.45. The lowest BCUT2D eigenvalue weighted by atomic mass is 10.0. The van der Waals surface area contributed by atoms with E-state index in [9.17, 15) is 48.7 Å². The smallest absolute Gasteiger partial charge is 0.413 e. The van der Waals surface area contributed by atoms with Crippen LogP contribution in [0.15, 0.2) is 36.4 Å². The molecule has 35 heavy (non-hydrogen) atoms. The highest BCUT2D eigenvalue weighted by Gasteiger charge is 2.67. The highest BCUT2D eigenvalue weighted by Crippen LogP contribution is 2.42. The van der Waals surface area contributed by atoms with Crippen LogP contribution in [0.25, 0.3) is 0 Å². The Kier molecular flexibility index (Phi) is 9.26. The molecule has 0 saturated carbocycles. The Morgan fingerprint density at radius 3 is 1.97 bits per heavy atom. The number of alkyl halides is 7. The molecule has 0 aliphatic carbocycles. The van der Waals surface area contributed by atoms with Gasteiger partial charge in [0.25, 0.3) is 0 Å². The van der Waals surface area contributed by atoms with Crippen LogP contribution in [0.3, 0.4) is 0 Å². The summed E-state index contributed by atoms with van der Waals surface area (Å²) in [7, 11) is -6.56. The second-order valence-electron chi connectivity index (χ2n) is 7.52. The molecule has 0 heterocycles. The fraction of sp³-hybridized carbons (Fsp3) is 0.500. The van der Waals surface area contributed by atoms with Crippen LogP contribution in [0, 0.1) is 6.92 Å². The van der Waals surface area contributed by atoms with E-state index >= 15 is 0 Å². The summed E-state index contributed by atoms with van der Waals surface area (Å²) in [5.41, 5.74) is 0.170. The van der Waals surface area contributed by atoms with E-state index in [0.717, 1.165) is 6.92 Å². The number of aryl methyl sites for hydroxylation is 1. The number of halogens is 7. The van der Waals surface area contributed by atoms with E-state index in [1.165, 1.54) is 24.3 Å². The van der Waals surface area contributed by atoms with Crippen molar-refractivity contribution in [2.75, 3.05) is 6.61 Å². The predicted molar refractivity (Wildman–Crippen MR) is 106 cm³/mol. The van der Waals surface area contributed by atoms with E-state index in [-0.39, 0.29) is 5.56 Å². The van der Waals surface area contributed by atoms with E-state index < -0.39 is 76.5 Å². The van der Waals surface area contributed by atoms with Crippen molar-refractivity contribution in [3.05, 3.63) is 47.5 Å². The lowest BCUT2D eigenvalue weighted by Crippen LogP contribution is -2.58. The maximum Gasteiger partial charge on any atom is 0.464 e. The van der Waals surface area contributed by atoms with Crippen molar-refractivity contribution in [2.45, 2.75) is 56.3 Å². The van der Waals surface area contributed by atoms with Gasteiger partial charge in [0.15, 0.2) is 0 Å². The summed E-state index contributed by atoms with van der Waals surface area (Å²) < 4.78 is 134. The number of ether oxygens (including phenoxy) is 2. The Bertz CT molecular complexity index is 1050. The van der Waals surface area contributed by atoms with Crippen molar-refractivity contribution in [3.8, 4) is 0 Å². The van der Waals surface area contributed by atoms with Crippen LogP contribution in [0.1, 0.15) is 30.9 Å². The number of esters is 1. The maximum atomic E-state index is 14.0. The minimum atomic E-state index is -6.56. The van der Waals surface area contributed by atoms with Crippen LogP contribution in [0.5, 0.6) is 0 Å². The van der Waals surface area contributed by atoms with Crippen LogP contribution in [-0.2, 0) is 35.6 Å². The van der Waals surface area contributed by atoms with Gasteiger partial charge in [-0.05, 0) is 25.8 Å². The van der Waals surface area contributed by atoms with Crippen molar-refractivity contribution in [1.29, 1.82) is 0 Å². The van der Waals surface area contributed by atoms with E-state index in [1.54, 1.807) is 6.92 Å². The van der Waals surface area contributed by atoms with Gasteiger partial charge in [-0.2, -0.15) is 39.2 Å². The largest absolute Gasteiger partial charge is 0.464 e. The molecule has 1 aromatic rings. The van der Waals surface area contributed by atoms with E-state index in [2.05, 4.69) is 16.1 Å². The van der Waals surface area contributed by atoms with E-state index in [4.69, 9.17) is 4.55 Å². The summed E-state index contributed by atoms with van der Waals surface area (Å²) in [5.74, 6) is -13.3. The molecule has 1 unspecified atom stereocenters. The Hall–Kier alpha value is -2.52. The van der Waals surface area contributed by atoms with Gasteiger partial charge in [-0.25, -0.2) is 4.79 Å². The lowest BCUT2D eigenvalue weighted by Gasteiger charge is -2.33. The highest BCUT2D eigenvalue weighted by molar-refractivity contribution is 7.87. The molecule has 1 aromatic carbocycles. The highest BCUT2D eigenvalue weighted by atomic mass is 32.2. The number of hydrogen-bond acceptors (Lipinski definition) is 6. The number of ketones is 1. The first-order valence-electron chi connectivity index (χ1n) is 9.59. The molecule has 0 saturated heterocycles. The molecule has 0 aliphatic rings. The van der Waals surface area contributed by atoms with Crippen molar-refractivity contribution in [3.63, 3.8) is 0 Å². The molecule has 0 aromatic heterocycles. The van der Waals surface area contributed by atoms with E-state index in [0.29, 0.717) is 5.56 Å². The molecule has 0 amide bonds. The van der Waals surface area contributed by atoms with Crippen molar-refractivity contribution >= 4 is 21.9 Å². The minimum Gasteiger partial charge on any atom is -0.413 e. The van der Waals surface area contributed by atoms with Crippen molar-refractivity contribution < 1.29 is 62.8 Å². The third-order valence-electron chi connectivity index (χ3n) is 4.50. The Morgan fingerprint density at radius 1 is 1.03 bits per heavy atom. The van der Waals surface area contributed by atoms with Crippen LogP contribution in [-0.4, -0.2) is 54.5 Å². The van der Waals surface area contributed by atoms with Gasteiger partial charge in [-0.1, -0.05) is 36.4 Å². The number of Topliss-reactive ketones (excluding diaryl/α,β-unsaturated/α-hetero) is 1. The Morgan fingerprint density at radius 2 is 1.54 bits per heavy atom. The first-order valence-corrected chi connectivity index (χ1v) is 11.0. The number of carbonyl (C=O) groups excluding carboxylic acids is 2. The molecular formula is C20H21F7O7S. The van der Waals surface area contributed by atoms with Gasteiger partial charge >= 0.3 is 39.2 Å². The molecule has 15 heteroatoms. The van der Waals surface area contributed by atoms with Gasteiger partial charge in [0, 0.05) is 18.4 Å². The molecule has 0 bridgehead atoms. The summed E-state index contributed by atoms with van der Waals surface area (Å²) >= 11 is 0. The zero-order chi connectivity index (χ0) is 27.5. The fourth-order valence-electron chi connectivity index (χ4n) is 2.53. The normalized spacial score (nSPS) is 14.8. The third kappa shape index (κ3) is 7.01. The maximum absolute atomic E-state index is 14.0. The standard InChI is InChI=1S/C20H21F7O7S/c1-12(2)16(29)34-18(19(23,24)25,15(28)11-14-7-5-13(3)6-8-14)33-10-4-9-17(21,22)20(26,27)35(30,31)32/h5-8H,1,4,9-11H2,2-3H3,(H,30,31,32). The molecule has 198 valence electrons. The molecule has 1 atom stereocenters. The first kappa shape index (κ1) is 30.5. The minimum absolute atomic E-state index is 0.0449. The SMILES string of the molecule is C=C(C)C(=O)OC(OCCCC(F)(F)C(F)(F)S(=O)(=O)O)(C(=O)Cc1ccc(C)cc1)C(F)(F)F. The van der Waals surface area contributed by atoms with Gasteiger partial charge in [0.05, 0.1) is 6.61 Å². The number of benzene rings is 1. The molecule has 7 nitrogen and oxygen atoms in total. The molecule has 1 N–H and O–H groups in total. The quantitative estimate of drug-likeness (QED) is 0.105.